The monoisotopic (exact) mass is 423 g/mol. The summed E-state index contributed by atoms with van der Waals surface area (Å²) in [4.78, 5) is 32.4. The maximum atomic E-state index is 13.5. The Balaban J connectivity index is 1.63. The molecule has 164 valence electrons. The maximum absolute atomic E-state index is 13.5. The number of carbonyl (C=O) groups excluding carboxylic acids is 2. The zero-order chi connectivity index (χ0) is 22.1. The number of rotatable bonds is 5. The van der Waals surface area contributed by atoms with Gasteiger partial charge in [0.05, 0.1) is 23.4 Å². The number of aromatic nitrogens is 3. The molecule has 0 saturated carbocycles. The predicted octanol–water partition coefficient (Wildman–Crippen LogP) is 3.65. The molecule has 8 nitrogen and oxygen atoms in total. The predicted molar refractivity (Wildman–Crippen MR) is 118 cm³/mol. The second-order valence-corrected chi connectivity index (χ2v) is 8.68. The zero-order valence-electron chi connectivity index (χ0n) is 18.5. The first-order chi connectivity index (χ1) is 14.8. The molecule has 0 bridgehead atoms. The quantitative estimate of drug-likeness (QED) is 0.676. The maximum Gasteiger partial charge on any atom is 0.254 e. The van der Waals surface area contributed by atoms with Crippen LogP contribution < -0.4 is 5.32 Å². The van der Waals surface area contributed by atoms with E-state index in [4.69, 9.17) is 9.40 Å². The molecule has 3 aromatic heterocycles. The Morgan fingerprint density at radius 3 is 2.55 bits per heavy atom. The fraction of sp³-hybridized carbons (Fsp3) is 0.478. The van der Waals surface area contributed by atoms with E-state index in [0.29, 0.717) is 48.6 Å². The Morgan fingerprint density at radius 2 is 1.94 bits per heavy atom. The number of hydrogen-bond donors (Lipinski definition) is 1. The van der Waals surface area contributed by atoms with Gasteiger partial charge in [-0.3, -0.25) is 9.59 Å². The number of furan rings is 1. The lowest BCUT2D eigenvalue weighted by atomic mass is 9.95. The van der Waals surface area contributed by atoms with E-state index in [1.807, 2.05) is 43.3 Å². The number of nitrogens with zero attached hydrogens (tertiary/aromatic N) is 4. The van der Waals surface area contributed by atoms with Crippen LogP contribution in [-0.4, -0.2) is 50.6 Å². The van der Waals surface area contributed by atoms with Crippen LogP contribution in [-0.2, 0) is 4.79 Å². The van der Waals surface area contributed by atoms with Gasteiger partial charge >= 0.3 is 0 Å². The highest BCUT2D eigenvalue weighted by Gasteiger charge is 2.30. The van der Waals surface area contributed by atoms with Crippen LogP contribution in [0.1, 0.15) is 56.9 Å². The van der Waals surface area contributed by atoms with Crippen LogP contribution in [0.15, 0.2) is 35.1 Å². The fourth-order valence-corrected chi connectivity index (χ4v) is 4.04. The molecule has 0 atom stereocenters. The number of hydrogen-bond acceptors (Lipinski definition) is 5. The molecule has 2 amide bonds. The minimum absolute atomic E-state index is 0.0497. The van der Waals surface area contributed by atoms with Crippen molar-refractivity contribution in [3.05, 3.63) is 36.2 Å². The third-order valence-corrected chi connectivity index (χ3v) is 5.64. The molecule has 0 unspecified atom stereocenters. The average Bonchev–Trinajstić information content (AvgIpc) is 3.42. The van der Waals surface area contributed by atoms with Gasteiger partial charge in [-0.1, -0.05) is 0 Å². The summed E-state index contributed by atoms with van der Waals surface area (Å²) in [6.45, 7) is 9.07. The van der Waals surface area contributed by atoms with Crippen LogP contribution in [0.25, 0.3) is 22.5 Å². The van der Waals surface area contributed by atoms with Crippen molar-refractivity contribution < 1.29 is 14.0 Å². The van der Waals surface area contributed by atoms with E-state index in [1.54, 1.807) is 24.6 Å². The summed E-state index contributed by atoms with van der Waals surface area (Å²) in [6, 6.07) is 5.64. The first kappa shape index (κ1) is 21.1. The molecular formula is C23H29N5O3. The number of piperidine rings is 1. The molecule has 0 aliphatic carbocycles. The second-order valence-electron chi connectivity index (χ2n) is 8.68. The van der Waals surface area contributed by atoms with E-state index < -0.39 is 0 Å². The highest BCUT2D eigenvalue weighted by Crippen LogP contribution is 2.28. The van der Waals surface area contributed by atoms with Gasteiger partial charge in [-0.15, -0.1) is 0 Å². The van der Waals surface area contributed by atoms with Crippen molar-refractivity contribution in [1.82, 2.24) is 25.0 Å². The van der Waals surface area contributed by atoms with Crippen LogP contribution in [0.3, 0.4) is 0 Å². The Kier molecular flexibility index (Phi) is 5.80. The van der Waals surface area contributed by atoms with Crippen LogP contribution in [0.5, 0.6) is 0 Å². The summed E-state index contributed by atoms with van der Waals surface area (Å²) in [7, 11) is 0. The molecular weight excluding hydrogens is 394 g/mol. The Labute approximate surface area is 181 Å². The Bertz CT molecular complexity index is 1080. The number of likely N-dealkylation sites (tertiary alicyclic amines) is 1. The molecule has 3 aromatic rings. The smallest absolute Gasteiger partial charge is 0.254 e. The molecule has 1 aliphatic heterocycles. The standard InChI is InChI=1S/C23H29N5O3/c1-14(2)25-22(29)16-7-9-27(10-8-16)23(30)17-12-19(20-6-5-11-31-20)26-21-18(17)13-24-28(21)15(3)4/h5-6,11-16H,7-10H2,1-4H3,(H,25,29). The van der Waals surface area contributed by atoms with E-state index in [2.05, 4.69) is 10.4 Å². The molecule has 1 N–H and O–H groups in total. The molecule has 4 rings (SSSR count). The summed E-state index contributed by atoms with van der Waals surface area (Å²) in [6.07, 6.45) is 4.63. The van der Waals surface area contributed by atoms with E-state index >= 15 is 0 Å². The molecule has 0 radical (unpaired) electrons. The Hall–Kier alpha value is -3.16. The Morgan fingerprint density at radius 1 is 1.19 bits per heavy atom. The highest BCUT2D eigenvalue weighted by molar-refractivity contribution is 6.06. The number of pyridine rings is 1. The number of nitrogens with one attached hydrogen (secondary N) is 1. The van der Waals surface area contributed by atoms with Gasteiger partial charge in [-0.05, 0) is 58.7 Å². The van der Waals surface area contributed by atoms with Gasteiger partial charge < -0.3 is 14.6 Å². The lowest BCUT2D eigenvalue weighted by Crippen LogP contribution is -2.44. The summed E-state index contributed by atoms with van der Waals surface area (Å²) in [5.41, 5.74) is 1.83. The van der Waals surface area contributed by atoms with Crippen LogP contribution >= 0.6 is 0 Å². The number of carbonyl (C=O) groups is 2. The molecule has 8 heteroatoms. The SMILES string of the molecule is CC(C)NC(=O)C1CCN(C(=O)c2cc(-c3ccco3)nc3c2cnn3C(C)C)CC1. The molecule has 4 heterocycles. The molecule has 1 saturated heterocycles. The van der Waals surface area contributed by atoms with Gasteiger partial charge in [0.25, 0.3) is 5.91 Å². The molecule has 1 aliphatic rings. The van der Waals surface area contributed by atoms with Crippen LogP contribution in [0, 0.1) is 5.92 Å². The second kappa shape index (κ2) is 8.53. The molecule has 0 spiro atoms. The summed E-state index contributed by atoms with van der Waals surface area (Å²) in [5.74, 6) is 0.570. The minimum Gasteiger partial charge on any atom is -0.463 e. The number of amides is 2. The van der Waals surface area contributed by atoms with E-state index in [9.17, 15) is 9.59 Å². The molecule has 1 fully saturated rings. The van der Waals surface area contributed by atoms with Crippen molar-refractivity contribution in [2.45, 2.75) is 52.6 Å². The van der Waals surface area contributed by atoms with Crippen molar-refractivity contribution in [2.24, 2.45) is 5.92 Å². The summed E-state index contributed by atoms with van der Waals surface area (Å²) in [5, 5.41) is 8.18. The van der Waals surface area contributed by atoms with Crippen molar-refractivity contribution >= 4 is 22.8 Å². The topological polar surface area (TPSA) is 93.3 Å². The molecule has 31 heavy (non-hydrogen) atoms. The van der Waals surface area contributed by atoms with Crippen molar-refractivity contribution in [1.29, 1.82) is 0 Å². The first-order valence-corrected chi connectivity index (χ1v) is 10.9. The zero-order valence-corrected chi connectivity index (χ0v) is 18.5. The fourth-order valence-electron chi connectivity index (χ4n) is 4.04. The lowest BCUT2D eigenvalue weighted by molar-refractivity contribution is -0.126. The summed E-state index contributed by atoms with van der Waals surface area (Å²) >= 11 is 0. The normalized spacial score (nSPS) is 15.2. The van der Waals surface area contributed by atoms with Gasteiger partial charge in [-0.2, -0.15) is 5.10 Å². The van der Waals surface area contributed by atoms with E-state index in [0.717, 1.165) is 5.39 Å². The van der Waals surface area contributed by atoms with Gasteiger partial charge in [0.15, 0.2) is 11.4 Å². The van der Waals surface area contributed by atoms with E-state index in [-0.39, 0.29) is 29.8 Å². The number of fused-ring (bicyclic) bond motifs is 1. The highest BCUT2D eigenvalue weighted by atomic mass is 16.3. The third-order valence-electron chi connectivity index (χ3n) is 5.64. The molecule has 0 aromatic carbocycles. The van der Waals surface area contributed by atoms with Crippen LogP contribution in [0.2, 0.25) is 0 Å². The van der Waals surface area contributed by atoms with Crippen molar-refractivity contribution in [3.8, 4) is 11.5 Å². The minimum atomic E-state index is -0.0637. The first-order valence-electron chi connectivity index (χ1n) is 10.9. The van der Waals surface area contributed by atoms with Gasteiger partial charge in [-0.25, -0.2) is 9.67 Å². The van der Waals surface area contributed by atoms with Gasteiger partial charge in [0, 0.05) is 31.1 Å². The largest absolute Gasteiger partial charge is 0.463 e. The average molecular weight is 424 g/mol. The van der Waals surface area contributed by atoms with E-state index in [1.165, 1.54) is 0 Å². The van der Waals surface area contributed by atoms with Crippen molar-refractivity contribution in [2.75, 3.05) is 13.1 Å². The lowest BCUT2D eigenvalue weighted by Gasteiger charge is -2.32. The van der Waals surface area contributed by atoms with Gasteiger partial charge in [0.1, 0.15) is 5.69 Å². The van der Waals surface area contributed by atoms with Crippen molar-refractivity contribution in [3.63, 3.8) is 0 Å². The van der Waals surface area contributed by atoms with Gasteiger partial charge in [0.2, 0.25) is 5.91 Å². The van der Waals surface area contributed by atoms with Crippen LogP contribution in [0.4, 0.5) is 0 Å². The summed E-state index contributed by atoms with van der Waals surface area (Å²) < 4.78 is 7.36. The third kappa shape index (κ3) is 4.19.